The molecule has 1 aliphatic rings. The van der Waals surface area contributed by atoms with Crippen LogP contribution in [0.2, 0.25) is 0 Å². The van der Waals surface area contributed by atoms with E-state index in [1.54, 1.807) is 0 Å². The van der Waals surface area contributed by atoms with Crippen molar-refractivity contribution >= 4 is 12.4 Å². The van der Waals surface area contributed by atoms with Crippen LogP contribution in [0.15, 0.2) is 18.2 Å². The van der Waals surface area contributed by atoms with E-state index in [0.29, 0.717) is 0 Å². The van der Waals surface area contributed by atoms with Crippen molar-refractivity contribution in [2.45, 2.75) is 32.2 Å². The minimum atomic E-state index is -0.274. The molecule has 3 nitrogen and oxygen atoms in total. The van der Waals surface area contributed by atoms with Crippen LogP contribution in [0, 0.1) is 5.82 Å². The molecule has 20 heavy (non-hydrogen) atoms. The summed E-state index contributed by atoms with van der Waals surface area (Å²) in [5.74, 6) is -0.0644. The second-order valence-corrected chi connectivity index (χ2v) is 5.15. The van der Waals surface area contributed by atoms with Crippen LogP contribution in [-0.2, 0) is 0 Å². The molecule has 1 heterocycles. The van der Waals surface area contributed by atoms with Crippen LogP contribution in [0.4, 0.5) is 4.39 Å². The molecule has 0 bridgehead atoms. The minimum Gasteiger partial charge on any atom is -0.508 e. The monoisotopic (exact) mass is 302 g/mol. The van der Waals surface area contributed by atoms with Crippen LogP contribution in [0.1, 0.15) is 37.8 Å². The molecule has 2 rings (SSSR count). The number of nitrogens with zero attached hydrogens (tertiary/aromatic N) is 1. The van der Waals surface area contributed by atoms with Crippen LogP contribution >= 0.6 is 12.4 Å². The lowest BCUT2D eigenvalue weighted by molar-refractivity contribution is 0.160. The molecule has 0 radical (unpaired) electrons. The number of hydrogen-bond acceptors (Lipinski definition) is 3. The number of piperazine rings is 1. The van der Waals surface area contributed by atoms with Gasteiger partial charge in [0.05, 0.1) is 0 Å². The molecule has 5 heteroatoms. The van der Waals surface area contributed by atoms with Crippen molar-refractivity contribution in [3.05, 3.63) is 29.6 Å². The summed E-state index contributed by atoms with van der Waals surface area (Å²) in [4.78, 5) is 2.35. The Hall–Kier alpha value is -0.840. The van der Waals surface area contributed by atoms with Gasteiger partial charge >= 0.3 is 0 Å². The molecule has 0 amide bonds. The highest BCUT2D eigenvalue weighted by Gasteiger charge is 2.24. The Labute approximate surface area is 126 Å². The molecule has 0 saturated carbocycles. The predicted octanol–water partition coefficient (Wildman–Crippen LogP) is 3.09. The largest absolute Gasteiger partial charge is 0.508 e. The van der Waals surface area contributed by atoms with E-state index in [2.05, 4.69) is 17.1 Å². The standard InChI is InChI=1S/C15H23FN2O.ClH/c1-2-3-4-14(18-9-7-17-8-10-18)13-11-12(16)5-6-15(13)19;/h5-6,11,14,17,19H,2-4,7-10H2,1H3;1H/t14-;/m1./s1. The smallest absolute Gasteiger partial charge is 0.123 e. The summed E-state index contributed by atoms with van der Waals surface area (Å²) in [7, 11) is 0. The summed E-state index contributed by atoms with van der Waals surface area (Å²) in [5.41, 5.74) is 0.732. The maximum atomic E-state index is 13.5. The third-order valence-electron chi connectivity index (χ3n) is 3.77. The van der Waals surface area contributed by atoms with Gasteiger partial charge in [-0.1, -0.05) is 19.8 Å². The Kier molecular flexibility index (Phi) is 7.27. The van der Waals surface area contributed by atoms with Crippen molar-refractivity contribution in [1.29, 1.82) is 0 Å². The van der Waals surface area contributed by atoms with Crippen LogP contribution in [0.3, 0.4) is 0 Å². The van der Waals surface area contributed by atoms with E-state index >= 15 is 0 Å². The van der Waals surface area contributed by atoms with E-state index in [1.165, 1.54) is 18.2 Å². The number of hydrogen-bond donors (Lipinski definition) is 2. The maximum Gasteiger partial charge on any atom is 0.123 e. The molecule has 0 aliphatic carbocycles. The predicted molar refractivity (Wildman–Crippen MR) is 82.0 cm³/mol. The van der Waals surface area contributed by atoms with E-state index in [0.717, 1.165) is 51.0 Å². The summed E-state index contributed by atoms with van der Waals surface area (Å²) in [6, 6.07) is 4.38. The van der Waals surface area contributed by atoms with Gasteiger partial charge in [0.1, 0.15) is 11.6 Å². The fourth-order valence-corrected chi connectivity index (χ4v) is 2.72. The second-order valence-electron chi connectivity index (χ2n) is 5.15. The number of rotatable bonds is 5. The Morgan fingerprint density at radius 2 is 2.05 bits per heavy atom. The van der Waals surface area contributed by atoms with Gasteiger partial charge in [-0.3, -0.25) is 4.90 Å². The second kappa shape index (κ2) is 8.45. The molecule has 0 unspecified atom stereocenters. The summed E-state index contributed by atoms with van der Waals surface area (Å²) < 4.78 is 13.5. The van der Waals surface area contributed by atoms with Crippen LogP contribution in [-0.4, -0.2) is 36.2 Å². The average Bonchev–Trinajstić information content (AvgIpc) is 2.44. The number of aromatic hydroxyl groups is 1. The molecular weight excluding hydrogens is 279 g/mol. The number of phenolic OH excluding ortho intramolecular Hbond substituents is 1. The molecule has 114 valence electrons. The van der Waals surface area contributed by atoms with Crippen molar-refractivity contribution in [2.75, 3.05) is 26.2 Å². The van der Waals surface area contributed by atoms with E-state index in [1.807, 2.05) is 0 Å². The van der Waals surface area contributed by atoms with Gasteiger partial charge in [-0.25, -0.2) is 4.39 Å². The van der Waals surface area contributed by atoms with Crippen molar-refractivity contribution < 1.29 is 9.50 Å². The Morgan fingerprint density at radius 3 is 2.70 bits per heavy atom. The Morgan fingerprint density at radius 1 is 1.35 bits per heavy atom. The zero-order valence-corrected chi connectivity index (χ0v) is 12.8. The number of phenols is 1. The van der Waals surface area contributed by atoms with Gasteiger partial charge in [-0.2, -0.15) is 0 Å². The first-order valence-corrected chi connectivity index (χ1v) is 7.15. The van der Waals surface area contributed by atoms with E-state index < -0.39 is 0 Å². The van der Waals surface area contributed by atoms with Gasteiger partial charge in [0.25, 0.3) is 0 Å². The normalized spacial score (nSPS) is 17.5. The third kappa shape index (κ3) is 4.33. The first-order chi connectivity index (χ1) is 9.22. The molecule has 1 atom stereocenters. The highest BCUT2D eigenvalue weighted by molar-refractivity contribution is 5.85. The van der Waals surface area contributed by atoms with Gasteiger partial charge < -0.3 is 10.4 Å². The third-order valence-corrected chi connectivity index (χ3v) is 3.77. The molecule has 0 aromatic heterocycles. The zero-order chi connectivity index (χ0) is 13.7. The van der Waals surface area contributed by atoms with Crippen LogP contribution in [0.25, 0.3) is 0 Å². The molecule has 1 saturated heterocycles. The summed E-state index contributed by atoms with van der Waals surface area (Å²) >= 11 is 0. The van der Waals surface area contributed by atoms with Crippen LogP contribution < -0.4 is 5.32 Å². The van der Waals surface area contributed by atoms with Crippen molar-refractivity contribution in [1.82, 2.24) is 10.2 Å². The van der Waals surface area contributed by atoms with Crippen molar-refractivity contribution in [3.63, 3.8) is 0 Å². The SMILES string of the molecule is CCCC[C@H](c1cc(F)ccc1O)N1CCNCC1.Cl. The lowest BCUT2D eigenvalue weighted by atomic mass is 9.97. The lowest BCUT2D eigenvalue weighted by Gasteiger charge is -2.35. The topological polar surface area (TPSA) is 35.5 Å². The first kappa shape index (κ1) is 17.2. The minimum absolute atomic E-state index is 0. The number of halogens is 2. The average molecular weight is 303 g/mol. The zero-order valence-electron chi connectivity index (χ0n) is 11.9. The summed E-state index contributed by atoms with van der Waals surface area (Å²) in [6.07, 6.45) is 3.16. The van der Waals surface area contributed by atoms with Crippen molar-refractivity contribution in [3.8, 4) is 5.75 Å². The fourth-order valence-electron chi connectivity index (χ4n) is 2.72. The molecule has 1 aliphatic heterocycles. The number of nitrogens with one attached hydrogen (secondary N) is 1. The van der Waals surface area contributed by atoms with Gasteiger partial charge in [-0.05, 0) is 24.6 Å². The van der Waals surface area contributed by atoms with Crippen LogP contribution in [0.5, 0.6) is 5.75 Å². The number of benzene rings is 1. The molecular formula is C15H24ClFN2O. The summed E-state index contributed by atoms with van der Waals surface area (Å²) in [6.45, 7) is 5.96. The van der Waals surface area contributed by atoms with E-state index in [4.69, 9.17) is 0 Å². The van der Waals surface area contributed by atoms with Gasteiger partial charge in [0.15, 0.2) is 0 Å². The molecule has 2 N–H and O–H groups in total. The Balaban J connectivity index is 0.00000200. The lowest BCUT2D eigenvalue weighted by Crippen LogP contribution is -2.45. The van der Waals surface area contributed by atoms with E-state index in [-0.39, 0.29) is 30.0 Å². The summed E-state index contributed by atoms with van der Waals surface area (Å²) in [5, 5.41) is 13.4. The maximum absolute atomic E-state index is 13.5. The highest BCUT2D eigenvalue weighted by Crippen LogP contribution is 2.33. The fraction of sp³-hybridized carbons (Fsp3) is 0.600. The Bertz CT molecular complexity index is 411. The molecule has 1 aromatic rings. The van der Waals surface area contributed by atoms with E-state index in [9.17, 15) is 9.50 Å². The number of unbranched alkanes of at least 4 members (excludes halogenated alkanes) is 1. The quantitative estimate of drug-likeness (QED) is 0.877. The molecule has 1 fully saturated rings. The molecule has 1 aromatic carbocycles. The van der Waals surface area contributed by atoms with Gasteiger partial charge in [-0.15, -0.1) is 12.4 Å². The first-order valence-electron chi connectivity index (χ1n) is 7.15. The molecule has 0 spiro atoms. The van der Waals surface area contributed by atoms with Gasteiger partial charge in [0.2, 0.25) is 0 Å². The van der Waals surface area contributed by atoms with Gasteiger partial charge in [0, 0.05) is 37.8 Å². The van der Waals surface area contributed by atoms with Crippen molar-refractivity contribution in [2.24, 2.45) is 0 Å². The highest BCUT2D eigenvalue weighted by atomic mass is 35.5.